The van der Waals surface area contributed by atoms with E-state index in [9.17, 15) is 4.79 Å². The van der Waals surface area contributed by atoms with Gasteiger partial charge in [0, 0.05) is 0 Å². The molecule has 2 aliphatic rings. The predicted octanol–water partition coefficient (Wildman–Crippen LogP) is 5.09. The summed E-state index contributed by atoms with van der Waals surface area (Å²) in [7, 11) is 0. The summed E-state index contributed by atoms with van der Waals surface area (Å²) >= 11 is 0. The van der Waals surface area contributed by atoms with Crippen LogP contribution in [0.4, 0.5) is 0 Å². The first kappa shape index (κ1) is 19.0. The van der Waals surface area contributed by atoms with Crippen LogP contribution < -0.4 is 10.1 Å². The number of fused-ring (bicyclic) bond motifs is 2. The Hall–Kier alpha value is -2.29. The van der Waals surface area contributed by atoms with Crippen molar-refractivity contribution in [3.05, 3.63) is 64.2 Å². The van der Waals surface area contributed by atoms with Crippen LogP contribution in [0.15, 0.2) is 36.4 Å². The summed E-state index contributed by atoms with van der Waals surface area (Å²) in [5.41, 5.74) is 6.96. The van der Waals surface area contributed by atoms with E-state index >= 15 is 0 Å². The minimum atomic E-state index is -0.0534. The highest BCUT2D eigenvalue weighted by Gasteiger charge is 2.17. The molecule has 28 heavy (non-hydrogen) atoms. The van der Waals surface area contributed by atoms with Gasteiger partial charge in [0.2, 0.25) is 0 Å². The van der Waals surface area contributed by atoms with Crippen LogP contribution in [0, 0.1) is 0 Å². The molecule has 3 nitrogen and oxygen atoms in total. The van der Waals surface area contributed by atoms with Gasteiger partial charge in [0.25, 0.3) is 5.91 Å². The fourth-order valence-electron chi connectivity index (χ4n) is 4.58. The number of nitrogens with one attached hydrogen (secondary N) is 1. The van der Waals surface area contributed by atoms with Gasteiger partial charge < -0.3 is 10.1 Å². The Labute approximate surface area is 168 Å². The van der Waals surface area contributed by atoms with Gasteiger partial charge in [-0.05, 0) is 97.7 Å². The highest BCUT2D eigenvalue weighted by molar-refractivity contribution is 5.78. The second-order valence-electron chi connectivity index (χ2n) is 8.19. The van der Waals surface area contributed by atoms with Gasteiger partial charge in [-0.25, -0.2) is 0 Å². The predicted molar refractivity (Wildman–Crippen MR) is 113 cm³/mol. The van der Waals surface area contributed by atoms with Gasteiger partial charge in [0.1, 0.15) is 5.75 Å². The van der Waals surface area contributed by atoms with Crippen LogP contribution in [0.25, 0.3) is 0 Å². The van der Waals surface area contributed by atoms with Gasteiger partial charge in [0.05, 0.1) is 6.04 Å². The van der Waals surface area contributed by atoms with E-state index in [2.05, 4.69) is 42.6 Å². The average Bonchev–Trinajstić information content (AvgIpc) is 2.75. The molecule has 0 aromatic heterocycles. The first-order valence-corrected chi connectivity index (χ1v) is 10.9. The van der Waals surface area contributed by atoms with Gasteiger partial charge in [0.15, 0.2) is 6.61 Å². The topological polar surface area (TPSA) is 38.3 Å². The van der Waals surface area contributed by atoms with E-state index in [4.69, 9.17) is 4.74 Å². The quantitative estimate of drug-likeness (QED) is 0.761. The monoisotopic (exact) mass is 377 g/mol. The van der Waals surface area contributed by atoms with Crippen LogP contribution in [0.1, 0.15) is 72.9 Å². The minimum Gasteiger partial charge on any atom is -0.484 e. The van der Waals surface area contributed by atoms with Crippen molar-refractivity contribution in [3.8, 4) is 5.75 Å². The molecule has 0 saturated carbocycles. The van der Waals surface area contributed by atoms with Crippen molar-refractivity contribution in [2.24, 2.45) is 0 Å². The van der Waals surface area contributed by atoms with Crippen LogP contribution >= 0.6 is 0 Å². The van der Waals surface area contributed by atoms with Gasteiger partial charge in [-0.15, -0.1) is 0 Å². The molecule has 0 heterocycles. The Balaban J connectivity index is 1.35. The minimum absolute atomic E-state index is 0.0480. The molecule has 0 unspecified atom stereocenters. The van der Waals surface area contributed by atoms with Crippen molar-refractivity contribution >= 4 is 5.91 Å². The van der Waals surface area contributed by atoms with Crippen LogP contribution in [0.5, 0.6) is 5.75 Å². The van der Waals surface area contributed by atoms with Crippen LogP contribution in [-0.2, 0) is 30.5 Å². The summed E-state index contributed by atoms with van der Waals surface area (Å²) in [6.45, 7) is 2.19. The van der Waals surface area contributed by atoms with E-state index in [-0.39, 0.29) is 18.6 Å². The zero-order valence-corrected chi connectivity index (χ0v) is 16.9. The molecule has 2 aliphatic carbocycles. The van der Waals surface area contributed by atoms with Crippen LogP contribution in [0.3, 0.4) is 0 Å². The fraction of sp³-hybridized carbons (Fsp3) is 0.480. The van der Waals surface area contributed by atoms with E-state index in [0.717, 1.165) is 31.4 Å². The van der Waals surface area contributed by atoms with Crippen LogP contribution in [-0.4, -0.2) is 12.5 Å². The van der Waals surface area contributed by atoms with Gasteiger partial charge >= 0.3 is 0 Å². The first-order chi connectivity index (χ1) is 13.7. The number of hydrogen-bond donors (Lipinski definition) is 1. The summed E-state index contributed by atoms with van der Waals surface area (Å²) in [6, 6.07) is 13.1. The molecule has 1 N–H and O–H groups in total. The molecule has 1 amide bonds. The highest BCUT2D eigenvalue weighted by atomic mass is 16.5. The Bertz CT molecular complexity index is 842. The Morgan fingerprint density at radius 1 is 0.893 bits per heavy atom. The number of hydrogen-bond acceptors (Lipinski definition) is 2. The number of ether oxygens (including phenoxy) is 1. The maximum absolute atomic E-state index is 12.5. The number of rotatable bonds is 6. The molecule has 2 aromatic rings. The molecule has 4 rings (SSSR count). The zero-order chi connectivity index (χ0) is 19.3. The Morgan fingerprint density at radius 3 is 2.18 bits per heavy atom. The molecule has 0 bridgehead atoms. The lowest BCUT2D eigenvalue weighted by molar-refractivity contribution is -0.123. The average molecular weight is 378 g/mol. The lowest BCUT2D eigenvalue weighted by Gasteiger charge is -2.22. The maximum Gasteiger partial charge on any atom is 0.258 e. The summed E-state index contributed by atoms with van der Waals surface area (Å²) in [5, 5.41) is 3.16. The second-order valence-corrected chi connectivity index (χ2v) is 8.19. The maximum atomic E-state index is 12.5. The van der Waals surface area contributed by atoms with E-state index in [1.807, 2.05) is 6.07 Å². The highest BCUT2D eigenvalue weighted by Crippen LogP contribution is 2.27. The molecule has 3 heteroatoms. The van der Waals surface area contributed by atoms with Crippen LogP contribution in [0.2, 0.25) is 0 Å². The van der Waals surface area contributed by atoms with Crippen molar-refractivity contribution in [2.45, 2.75) is 70.8 Å². The molecule has 0 saturated heterocycles. The summed E-state index contributed by atoms with van der Waals surface area (Å²) in [5.74, 6) is 0.750. The largest absolute Gasteiger partial charge is 0.484 e. The third-order valence-corrected chi connectivity index (χ3v) is 6.21. The molecule has 2 aromatic carbocycles. The smallest absolute Gasteiger partial charge is 0.258 e. The summed E-state index contributed by atoms with van der Waals surface area (Å²) in [6.07, 6.45) is 10.6. The SMILES string of the molecule is CC[C@@H](NC(=O)COc1ccc2c(c1)CCCC2)c1ccc2c(c1)CCCC2. The van der Waals surface area contributed by atoms with Gasteiger partial charge in [-0.2, -0.15) is 0 Å². The number of aryl methyl sites for hydroxylation is 4. The van der Waals surface area contributed by atoms with E-state index in [0.29, 0.717) is 0 Å². The van der Waals surface area contributed by atoms with Crippen molar-refractivity contribution in [1.82, 2.24) is 5.32 Å². The van der Waals surface area contributed by atoms with Gasteiger partial charge in [-0.1, -0.05) is 31.2 Å². The summed E-state index contributed by atoms with van der Waals surface area (Å²) < 4.78 is 5.79. The molecule has 1 atom stereocenters. The van der Waals surface area contributed by atoms with Gasteiger partial charge in [-0.3, -0.25) is 4.79 Å². The van der Waals surface area contributed by atoms with E-state index in [1.54, 1.807) is 0 Å². The van der Waals surface area contributed by atoms with E-state index in [1.165, 1.54) is 59.9 Å². The summed E-state index contributed by atoms with van der Waals surface area (Å²) in [4.78, 5) is 12.5. The number of carbonyl (C=O) groups is 1. The molecular weight excluding hydrogens is 346 g/mol. The second kappa shape index (κ2) is 8.81. The lowest BCUT2D eigenvalue weighted by Crippen LogP contribution is -2.32. The Morgan fingerprint density at radius 2 is 1.50 bits per heavy atom. The van der Waals surface area contributed by atoms with Crippen molar-refractivity contribution in [1.29, 1.82) is 0 Å². The van der Waals surface area contributed by atoms with Crippen molar-refractivity contribution < 1.29 is 9.53 Å². The van der Waals surface area contributed by atoms with E-state index < -0.39 is 0 Å². The molecule has 0 spiro atoms. The first-order valence-electron chi connectivity index (χ1n) is 10.9. The standard InChI is InChI=1S/C25H31NO2/c1-2-24(22-12-11-18-7-3-5-9-20(18)15-22)26-25(27)17-28-23-14-13-19-8-4-6-10-21(19)16-23/h11-16,24H,2-10,17H2,1H3,(H,26,27)/t24-/m1/s1. The zero-order valence-electron chi connectivity index (χ0n) is 16.9. The molecule has 0 aliphatic heterocycles. The third-order valence-electron chi connectivity index (χ3n) is 6.21. The molecular formula is C25H31NO2. The number of benzene rings is 2. The third kappa shape index (κ3) is 4.40. The van der Waals surface area contributed by atoms with Crippen molar-refractivity contribution in [3.63, 3.8) is 0 Å². The molecule has 148 valence electrons. The van der Waals surface area contributed by atoms with Crippen molar-refractivity contribution in [2.75, 3.05) is 6.61 Å². The Kier molecular flexibility index (Phi) is 5.99. The molecule has 0 radical (unpaired) electrons. The molecule has 0 fully saturated rings. The normalized spacial score (nSPS) is 16.6. The fourth-order valence-corrected chi connectivity index (χ4v) is 4.58. The number of carbonyl (C=O) groups excluding carboxylic acids is 1. The number of amides is 1. The lowest BCUT2D eigenvalue weighted by atomic mass is 9.89.